The Bertz CT molecular complexity index is 1060. The number of aryl methyl sites for hydroxylation is 1. The molecular weight excluding hydrogens is 352 g/mol. The summed E-state index contributed by atoms with van der Waals surface area (Å²) in [5.41, 5.74) is 0.901. The second kappa shape index (κ2) is 6.89. The van der Waals surface area contributed by atoms with Crippen molar-refractivity contribution in [2.24, 2.45) is 0 Å². The molecule has 0 unspecified atom stereocenters. The van der Waals surface area contributed by atoms with E-state index in [-0.39, 0.29) is 13.0 Å². The van der Waals surface area contributed by atoms with Crippen molar-refractivity contribution in [3.05, 3.63) is 63.3 Å². The predicted molar refractivity (Wildman–Crippen MR) is 93.8 cm³/mol. The topological polar surface area (TPSA) is 128 Å². The van der Waals surface area contributed by atoms with E-state index < -0.39 is 29.7 Å². The van der Waals surface area contributed by atoms with Crippen LogP contribution < -0.4 is 11.2 Å². The molecule has 27 heavy (non-hydrogen) atoms. The molecule has 10 heteroatoms. The second-order valence-electron chi connectivity index (χ2n) is 6.48. The minimum atomic E-state index is -0.778. The van der Waals surface area contributed by atoms with Crippen molar-refractivity contribution >= 4 is 0 Å². The van der Waals surface area contributed by atoms with Gasteiger partial charge in [0.15, 0.2) is 0 Å². The zero-order valence-electron chi connectivity index (χ0n) is 14.5. The molecule has 10 nitrogen and oxygen atoms in total. The maximum Gasteiger partial charge on any atom is 0.330 e. The Morgan fingerprint density at radius 3 is 3.00 bits per heavy atom. The molecule has 1 aliphatic heterocycles. The van der Waals surface area contributed by atoms with Crippen molar-refractivity contribution in [1.82, 2.24) is 29.5 Å². The molecule has 0 amide bonds. The fraction of sp³-hybridized carbons (Fsp3) is 0.353. The Labute approximate surface area is 153 Å². The van der Waals surface area contributed by atoms with Crippen LogP contribution in [0.25, 0.3) is 11.3 Å². The molecule has 3 aromatic heterocycles. The molecule has 4 heterocycles. The van der Waals surface area contributed by atoms with Gasteiger partial charge < -0.3 is 9.84 Å². The number of aliphatic hydroxyl groups excluding tert-OH is 1. The van der Waals surface area contributed by atoms with Crippen molar-refractivity contribution in [2.45, 2.75) is 38.3 Å². The van der Waals surface area contributed by atoms with Crippen LogP contribution in [0.4, 0.5) is 0 Å². The van der Waals surface area contributed by atoms with Crippen LogP contribution in [0.1, 0.15) is 18.2 Å². The maximum atomic E-state index is 12.0. The third-order valence-electron chi connectivity index (χ3n) is 4.52. The van der Waals surface area contributed by atoms with Gasteiger partial charge in [0.1, 0.15) is 18.0 Å². The summed E-state index contributed by atoms with van der Waals surface area (Å²) in [5, 5.41) is 18.5. The van der Waals surface area contributed by atoms with Crippen molar-refractivity contribution in [3.63, 3.8) is 0 Å². The Morgan fingerprint density at radius 1 is 1.37 bits per heavy atom. The summed E-state index contributed by atoms with van der Waals surface area (Å²) < 4.78 is 8.72. The first-order chi connectivity index (χ1) is 13.0. The van der Waals surface area contributed by atoms with Gasteiger partial charge in [-0.3, -0.25) is 19.3 Å². The average Bonchev–Trinajstić information content (AvgIpc) is 3.26. The molecule has 0 spiro atoms. The van der Waals surface area contributed by atoms with E-state index in [4.69, 9.17) is 4.74 Å². The third kappa shape index (κ3) is 3.44. The van der Waals surface area contributed by atoms with Gasteiger partial charge in [0, 0.05) is 36.1 Å². The van der Waals surface area contributed by atoms with Crippen molar-refractivity contribution in [3.8, 4) is 11.3 Å². The number of rotatable bonds is 4. The normalized spacial score (nSPS) is 22.2. The summed E-state index contributed by atoms with van der Waals surface area (Å²) in [6.45, 7) is 1.88. The number of aromatic nitrogens is 6. The average molecular weight is 370 g/mol. The number of nitrogens with zero attached hydrogens (tertiary/aromatic N) is 5. The van der Waals surface area contributed by atoms with E-state index in [2.05, 4.69) is 20.3 Å². The van der Waals surface area contributed by atoms with Crippen LogP contribution >= 0.6 is 0 Å². The van der Waals surface area contributed by atoms with Gasteiger partial charge in [-0.25, -0.2) is 9.48 Å². The number of pyridine rings is 1. The molecule has 0 saturated carbocycles. The fourth-order valence-electron chi connectivity index (χ4n) is 3.07. The second-order valence-corrected chi connectivity index (χ2v) is 6.48. The highest BCUT2D eigenvalue weighted by Gasteiger charge is 2.36. The van der Waals surface area contributed by atoms with E-state index in [1.54, 1.807) is 30.2 Å². The molecule has 1 saturated heterocycles. The van der Waals surface area contributed by atoms with Crippen molar-refractivity contribution in [1.29, 1.82) is 0 Å². The number of hydrogen-bond acceptors (Lipinski definition) is 7. The number of nitrogens with one attached hydrogen (secondary N) is 1. The number of aliphatic hydroxyl groups is 1. The predicted octanol–water partition coefficient (Wildman–Crippen LogP) is -0.153. The smallest absolute Gasteiger partial charge is 0.330 e. The van der Waals surface area contributed by atoms with Gasteiger partial charge in [-0.15, -0.1) is 5.10 Å². The van der Waals surface area contributed by atoms with Crippen LogP contribution in [0.2, 0.25) is 0 Å². The van der Waals surface area contributed by atoms with Gasteiger partial charge >= 0.3 is 5.69 Å². The third-order valence-corrected chi connectivity index (χ3v) is 4.52. The summed E-state index contributed by atoms with van der Waals surface area (Å²) in [6, 6.07) is 3.69. The summed E-state index contributed by atoms with van der Waals surface area (Å²) in [4.78, 5) is 29.8. The van der Waals surface area contributed by atoms with Gasteiger partial charge in [0.05, 0.1) is 18.8 Å². The Morgan fingerprint density at radius 2 is 2.22 bits per heavy atom. The SMILES string of the molecule is Cc1cn([C@H]2C[C@H](O)[C@@H](Cn3cc(-c4cccnc4)nn3)O2)c(=O)[nH]c1=O. The van der Waals surface area contributed by atoms with Crippen molar-refractivity contribution in [2.75, 3.05) is 0 Å². The molecule has 1 fully saturated rings. The summed E-state index contributed by atoms with van der Waals surface area (Å²) >= 11 is 0. The molecule has 0 aromatic carbocycles. The van der Waals surface area contributed by atoms with E-state index in [1.165, 1.54) is 10.8 Å². The number of ether oxygens (including phenoxy) is 1. The van der Waals surface area contributed by atoms with Crippen LogP contribution in [0.5, 0.6) is 0 Å². The Hall–Kier alpha value is -3.11. The molecule has 0 bridgehead atoms. The van der Waals surface area contributed by atoms with Crippen LogP contribution in [-0.2, 0) is 11.3 Å². The van der Waals surface area contributed by atoms with Gasteiger partial charge in [0.25, 0.3) is 5.56 Å². The highest BCUT2D eigenvalue weighted by atomic mass is 16.5. The standard InChI is InChI=1S/C17H18N6O4/c1-10-7-23(17(26)19-16(10)25)15-5-13(24)14(27-15)9-22-8-12(20-21-22)11-3-2-4-18-6-11/h2-4,6-8,13-15,24H,5,9H2,1H3,(H,19,25,26)/t13-,14+,15+/m0/s1. The molecule has 3 aromatic rings. The van der Waals surface area contributed by atoms with E-state index in [1.807, 2.05) is 12.1 Å². The first-order valence-electron chi connectivity index (χ1n) is 8.47. The van der Waals surface area contributed by atoms with Crippen molar-refractivity contribution < 1.29 is 9.84 Å². The van der Waals surface area contributed by atoms with Gasteiger partial charge in [-0.1, -0.05) is 5.21 Å². The fourth-order valence-corrected chi connectivity index (χ4v) is 3.07. The van der Waals surface area contributed by atoms with Gasteiger partial charge in [0.2, 0.25) is 0 Å². The molecule has 0 aliphatic carbocycles. The lowest BCUT2D eigenvalue weighted by Crippen LogP contribution is -2.33. The molecule has 4 rings (SSSR count). The van der Waals surface area contributed by atoms with Crippen LogP contribution in [0.3, 0.4) is 0 Å². The van der Waals surface area contributed by atoms with Gasteiger partial charge in [-0.2, -0.15) is 0 Å². The van der Waals surface area contributed by atoms with E-state index >= 15 is 0 Å². The highest BCUT2D eigenvalue weighted by Crippen LogP contribution is 2.28. The Kier molecular flexibility index (Phi) is 4.42. The van der Waals surface area contributed by atoms with E-state index in [0.717, 1.165) is 5.56 Å². The minimum Gasteiger partial charge on any atom is -0.390 e. The lowest BCUT2D eigenvalue weighted by molar-refractivity contribution is -0.0302. The molecule has 1 aliphatic rings. The highest BCUT2D eigenvalue weighted by molar-refractivity contribution is 5.55. The number of aromatic amines is 1. The zero-order chi connectivity index (χ0) is 19.0. The largest absolute Gasteiger partial charge is 0.390 e. The molecule has 3 atom stereocenters. The summed E-state index contributed by atoms with van der Waals surface area (Å²) in [7, 11) is 0. The lowest BCUT2D eigenvalue weighted by atomic mass is 10.2. The van der Waals surface area contributed by atoms with E-state index in [0.29, 0.717) is 11.3 Å². The number of H-pyrrole nitrogens is 1. The van der Waals surface area contributed by atoms with Crippen LogP contribution in [0.15, 0.2) is 46.5 Å². The molecule has 2 N–H and O–H groups in total. The lowest BCUT2D eigenvalue weighted by Gasteiger charge is -2.16. The quantitative estimate of drug-likeness (QED) is 0.653. The van der Waals surface area contributed by atoms with Gasteiger partial charge in [-0.05, 0) is 19.1 Å². The maximum absolute atomic E-state index is 12.0. The molecule has 0 radical (unpaired) electrons. The van der Waals surface area contributed by atoms with Crippen LogP contribution in [0, 0.1) is 6.92 Å². The number of hydrogen-bond donors (Lipinski definition) is 2. The first-order valence-corrected chi connectivity index (χ1v) is 8.47. The molecular formula is C17H18N6O4. The Balaban J connectivity index is 1.50. The minimum absolute atomic E-state index is 0.236. The van der Waals surface area contributed by atoms with Crippen LogP contribution in [-0.4, -0.2) is 46.8 Å². The first kappa shape index (κ1) is 17.3. The summed E-state index contributed by atoms with van der Waals surface area (Å²) in [5.74, 6) is 0. The summed E-state index contributed by atoms with van der Waals surface area (Å²) in [6.07, 6.45) is 4.80. The zero-order valence-corrected chi connectivity index (χ0v) is 14.5. The van der Waals surface area contributed by atoms with E-state index in [9.17, 15) is 14.7 Å². The monoisotopic (exact) mass is 370 g/mol. The molecule has 140 valence electrons.